The largest absolute Gasteiger partial charge is 0.497 e. The van der Waals surface area contributed by atoms with E-state index >= 15 is 0 Å². The lowest BCUT2D eigenvalue weighted by Crippen LogP contribution is -2.31. The Morgan fingerprint density at radius 2 is 2.23 bits per heavy atom. The second-order valence-corrected chi connectivity index (χ2v) is 7.59. The van der Waals surface area contributed by atoms with Gasteiger partial charge in [-0.1, -0.05) is 0 Å². The zero-order valence-electron chi connectivity index (χ0n) is 15.2. The van der Waals surface area contributed by atoms with Crippen molar-refractivity contribution in [3.05, 3.63) is 53.2 Å². The molecule has 5 nitrogen and oxygen atoms in total. The molecule has 0 radical (unpaired) electrons. The Bertz CT molecular complexity index is 944. The molecule has 2 aromatic heterocycles. The fourth-order valence-electron chi connectivity index (χ4n) is 3.87. The van der Waals surface area contributed by atoms with Gasteiger partial charge in [0.25, 0.3) is 0 Å². The van der Waals surface area contributed by atoms with Crippen LogP contribution in [0.4, 0.5) is 0 Å². The van der Waals surface area contributed by atoms with E-state index in [-0.39, 0.29) is 0 Å². The first-order valence-corrected chi connectivity index (χ1v) is 9.48. The predicted octanol–water partition coefficient (Wildman–Crippen LogP) is 3.48. The Hall–Kier alpha value is -2.40. The second-order valence-electron chi connectivity index (χ2n) is 7.59. The van der Waals surface area contributed by atoms with Crippen LogP contribution in [-0.2, 0) is 25.9 Å². The maximum absolute atomic E-state index is 5.39. The number of nitrogens with zero attached hydrogens (tertiary/aromatic N) is 3. The summed E-state index contributed by atoms with van der Waals surface area (Å²) >= 11 is 0. The summed E-state index contributed by atoms with van der Waals surface area (Å²) in [5, 5.41) is 1.24. The maximum atomic E-state index is 5.39. The van der Waals surface area contributed by atoms with Gasteiger partial charge in [0, 0.05) is 49.4 Å². The van der Waals surface area contributed by atoms with Crippen LogP contribution in [0.25, 0.3) is 10.9 Å². The zero-order chi connectivity index (χ0) is 17.5. The van der Waals surface area contributed by atoms with E-state index in [1.807, 2.05) is 6.07 Å². The quantitative estimate of drug-likeness (QED) is 0.767. The summed E-state index contributed by atoms with van der Waals surface area (Å²) < 4.78 is 5.39. The van der Waals surface area contributed by atoms with Gasteiger partial charge in [-0.05, 0) is 54.5 Å². The molecular weight excluding hydrogens is 324 g/mol. The topological polar surface area (TPSA) is 54.0 Å². The minimum absolute atomic E-state index is 0.828. The standard InChI is InChI=1S/C21H24N4O/c1-26-17-4-5-19-18(9-17)16(11-22-19)12-25-7-6-15-10-23-21(8-14-2-3-14)24-20(15)13-25/h4-5,9-11,14,22H,2-3,6-8,12-13H2,1H3. The summed E-state index contributed by atoms with van der Waals surface area (Å²) in [6, 6.07) is 6.20. The summed E-state index contributed by atoms with van der Waals surface area (Å²) in [7, 11) is 1.72. The van der Waals surface area contributed by atoms with Crippen LogP contribution in [0.1, 0.15) is 35.5 Å². The van der Waals surface area contributed by atoms with Crippen molar-refractivity contribution in [1.29, 1.82) is 0 Å². The van der Waals surface area contributed by atoms with Gasteiger partial charge in [-0.3, -0.25) is 4.90 Å². The van der Waals surface area contributed by atoms with Crippen LogP contribution in [0.2, 0.25) is 0 Å². The molecule has 5 rings (SSSR count). The number of rotatable bonds is 5. The zero-order valence-corrected chi connectivity index (χ0v) is 15.2. The first-order chi connectivity index (χ1) is 12.8. The van der Waals surface area contributed by atoms with Crippen molar-refractivity contribution in [2.24, 2.45) is 5.92 Å². The Kier molecular flexibility index (Phi) is 3.89. The normalized spacial score (nSPS) is 17.4. The number of hydrogen-bond donors (Lipinski definition) is 1. The van der Waals surface area contributed by atoms with E-state index in [4.69, 9.17) is 9.72 Å². The second kappa shape index (κ2) is 6.40. The fraction of sp³-hybridized carbons (Fsp3) is 0.429. The van der Waals surface area contributed by atoms with E-state index in [1.54, 1.807) is 7.11 Å². The number of aromatic nitrogens is 3. The Balaban J connectivity index is 1.36. The third-order valence-electron chi connectivity index (χ3n) is 5.61. The Morgan fingerprint density at radius 1 is 1.31 bits per heavy atom. The van der Waals surface area contributed by atoms with Gasteiger partial charge in [-0.2, -0.15) is 0 Å². The van der Waals surface area contributed by atoms with Gasteiger partial charge in [0.2, 0.25) is 0 Å². The summed E-state index contributed by atoms with van der Waals surface area (Å²) in [4.78, 5) is 15.3. The van der Waals surface area contributed by atoms with Crippen molar-refractivity contribution in [2.45, 2.75) is 38.8 Å². The fourth-order valence-corrected chi connectivity index (χ4v) is 3.87. The molecule has 1 saturated carbocycles. The molecule has 134 valence electrons. The molecule has 26 heavy (non-hydrogen) atoms. The number of aromatic amines is 1. The Labute approximate surface area is 153 Å². The monoisotopic (exact) mass is 348 g/mol. The van der Waals surface area contributed by atoms with Crippen LogP contribution in [0.15, 0.2) is 30.6 Å². The highest BCUT2D eigenvalue weighted by molar-refractivity contribution is 5.84. The molecule has 3 aromatic rings. The average molecular weight is 348 g/mol. The number of benzene rings is 1. The summed E-state index contributed by atoms with van der Waals surface area (Å²) in [6.07, 6.45) is 8.96. The van der Waals surface area contributed by atoms with Gasteiger partial charge in [0.1, 0.15) is 11.6 Å². The minimum Gasteiger partial charge on any atom is -0.497 e. The van der Waals surface area contributed by atoms with Crippen molar-refractivity contribution in [1.82, 2.24) is 19.9 Å². The highest BCUT2D eigenvalue weighted by atomic mass is 16.5. The minimum atomic E-state index is 0.828. The number of H-pyrrole nitrogens is 1. The van der Waals surface area contributed by atoms with E-state index in [2.05, 4.69) is 39.4 Å². The molecule has 0 atom stereocenters. The molecule has 1 aliphatic carbocycles. The van der Waals surface area contributed by atoms with Crippen LogP contribution >= 0.6 is 0 Å². The smallest absolute Gasteiger partial charge is 0.128 e. The van der Waals surface area contributed by atoms with Gasteiger partial charge < -0.3 is 9.72 Å². The molecule has 0 amide bonds. The predicted molar refractivity (Wildman–Crippen MR) is 101 cm³/mol. The van der Waals surface area contributed by atoms with Crippen LogP contribution in [-0.4, -0.2) is 33.5 Å². The third-order valence-corrected chi connectivity index (χ3v) is 5.61. The van der Waals surface area contributed by atoms with E-state index in [0.29, 0.717) is 0 Å². The lowest BCUT2D eigenvalue weighted by atomic mass is 10.1. The van der Waals surface area contributed by atoms with Crippen LogP contribution in [0.5, 0.6) is 5.75 Å². The molecule has 1 aromatic carbocycles. The molecule has 1 aliphatic heterocycles. The van der Waals surface area contributed by atoms with E-state index in [1.165, 1.54) is 35.0 Å². The molecule has 0 spiro atoms. The third kappa shape index (κ3) is 3.07. The van der Waals surface area contributed by atoms with Crippen LogP contribution in [0.3, 0.4) is 0 Å². The first kappa shape index (κ1) is 15.8. The first-order valence-electron chi connectivity index (χ1n) is 9.48. The van der Waals surface area contributed by atoms with Gasteiger partial charge in [0.15, 0.2) is 0 Å². The SMILES string of the molecule is COc1ccc2[nH]cc(CN3CCc4cnc(CC5CC5)nc4C3)c2c1. The molecule has 1 fully saturated rings. The molecule has 1 N–H and O–H groups in total. The van der Waals surface area contributed by atoms with Crippen molar-refractivity contribution in [2.75, 3.05) is 13.7 Å². The van der Waals surface area contributed by atoms with Crippen molar-refractivity contribution < 1.29 is 4.74 Å². The molecule has 0 saturated heterocycles. The van der Waals surface area contributed by atoms with E-state index < -0.39 is 0 Å². The van der Waals surface area contributed by atoms with Crippen LogP contribution < -0.4 is 4.74 Å². The van der Waals surface area contributed by atoms with Gasteiger partial charge in [-0.25, -0.2) is 9.97 Å². The molecule has 0 bridgehead atoms. The highest BCUT2D eigenvalue weighted by Crippen LogP contribution is 2.32. The van der Waals surface area contributed by atoms with Gasteiger partial charge in [0.05, 0.1) is 12.8 Å². The van der Waals surface area contributed by atoms with Gasteiger partial charge in [-0.15, -0.1) is 0 Å². The summed E-state index contributed by atoms with van der Waals surface area (Å²) in [5.41, 5.74) is 5.02. The number of ether oxygens (including phenoxy) is 1. The number of hydrogen-bond acceptors (Lipinski definition) is 4. The van der Waals surface area contributed by atoms with Crippen molar-refractivity contribution in [3.63, 3.8) is 0 Å². The summed E-state index contributed by atoms with van der Waals surface area (Å²) in [5.74, 6) is 2.76. The Morgan fingerprint density at radius 3 is 3.08 bits per heavy atom. The number of nitrogens with one attached hydrogen (secondary N) is 1. The van der Waals surface area contributed by atoms with E-state index in [0.717, 1.165) is 55.5 Å². The summed E-state index contributed by atoms with van der Waals surface area (Å²) in [6.45, 7) is 2.88. The van der Waals surface area contributed by atoms with E-state index in [9.17, 15) is 0 Å². The maximum Gasteiger partial charge on any atom is 0.128 e. The lowest BCUT2D eigenvalue weighted by molar-refractivity contribution is 0.241. The number of fused-ring (bicyclic) bond motifs is 2. The molecular formula is C21H24N4O. The molecule has 3 heterocycles. The molecule has 5 heteroatoms. The molecule has 2 aliphatic rings. The molecule has 0 unspecified atom stereocenters. The van der Waals surface area contributed by atoms with Gasteiger partial charge >= 0.3 is 0 Å². The highest BCUT2D eigenvalue weighted by Gasteiger charge is 2.24. The number of methoxy groups -OCH3 is 1. The van der Waals surface area contributed by atoms with Crippen molar-refractivity contribution in [3.8, 4) is 5.75 Å². The lowest BCUT2D eigenvalue weighted by Gasteiger charge is -2.27. The average Bonchev–Trinajstić information content (AvgIpc) is 3.40. The van der Waals surface area contributed by atoms with Crippen molar-refractivity contribution >= 4 is 10.9 Å². The van der Waals surface area contributed by atoms with Crippen LogP contribution in [0, 0.1) is 5.92 Å².